The van der Waals surface area contributed by atoms with Crippen LogP contribution in [0.3, 0.4) is 0 Å². The first kappa shape index (κ1) is 21.4. The Morgan fingerprint density at radius 1 is 1.25 bits per heavy atom. The molecule has 4 rings (SSSR count). The molecule has 0 spiro atoms. The summed E-state index contributed by atoms with van der Waals surface area (Å²) in [6.07, 6.45) is 8.92. The quantitative estimate of drug-likeness (QED) is 0.249. The monoisotopic (exact) mass is 448 g/mol. The highest BCUT2D eigenvalue weighted by atomic mass is 32.1. The van der Waals surface area contributed by atoms with Crippen LogP contribution in [0.2, 0.25) is 0 Å². The number of rotatable bonds is 6. The lowest BCUT2D eigenvalue weighted by Gasteiger charge is -2.18. The number of hydrogen-bond acceptors (Lipinski definition) is 7. The fraction of sp³-hybridized carbons (Fsp3) is 0.273. The van der Waals surface area contributed by atoms with Gasteiger partial charge in [0.2, 0.25) is 5.13 Å². The van der Waals surface area contributed by atoms with Crippen LogP contribution in [0.5, 0.6) is 0 Å². The number of carbonyl (C=O) groups excluding carboxylic acids is 1. The summed E-state index contributed by atoms with van der Waals surface area (Å²) < 4.78 is 1.67. The van der Waals surface area contributed by atoms with E-state index >= 15 is 0 Å². The maximum Gasteiger partial charge on any atom is 0.271 e. The molecule has 2 heterocycles. The number of amides is 1. The average Bonchev–Trinajstić information content (AvgIpc) is 3.47. The topological polar surface area (TPSA) is 127 Å². The number of nitrogens with one attached hydrogen (secondary N) is 1. The molecule has 1 N–H and O–H groups in total. The number of anilines is 1. The third-order valence-electron chi connectivity index (χ3n) is 5.37. The third kappa shape index (κ3) is 4.73. The molecule has 10 heteroatoms. The number of nitrogens with zero attached hydrogens (tertiary/aromatic N) is 5. The molecule has 2 aromatic heterocycles. The Morgan fingerprint density at radius 3 is 2.81 bits per heavy atom. The minimum atomic E-state index is -0.578. The molecule has 1 aliphatic carbocycles. The molecular formula is C22H20N6O3S. The highest BCUT2D eigenvalue weighted by Crippen LogP contribution is 2.35. The van der Waals surface area contributed by atoms with Crippen LogP contribution in [0, 0.1) is 21.4 Å². The molecule has 3 aromatic rings. The van der Waals surface area contributed by atoms with Gasteiger partial charge in [-0.1, -0.05) is 36.7 Å². The van der Waals surface area contributed by atoms with Crippen molar-refractivity contribution in [3.8, 4) is 11.8 Å². The second-order valence-corrected chi connectivity index (χ2v) is 8.49. The summed E-state index contributed by atoms with van der Waals surface area (Å²) in [7, 11) is 0. The van der Waals surface area contributed by atoms with E-state index in [9.17, 15) is 20.2 Å². The lowest BCUT2D eigenvalue weighted by Crippen LogP contribution is -2.13. The van der Waals surface area contributed by atoms with Crippen molar-refractivity contribution in [1.29, 1.82) is 5.26 Å². The van der Waals surface area contributed by atoms with E-state index in [1.54, 1.807) is 35.0 Å². The Kier molecular flexibility index (Phi) is 6.37. The molecule has 9 nitrogen and oxygen atoms in total. The summed E-state index contributed by atoms with van der Waals surface area (Å²) in [5.74, 6) is -0.193. The highest BCUT2D eigenvalue weighted by molar-refractivity contribution is 7.15. The lowest BCUT2D eigenvalue weighted by molar-refractivity contribution is -0.384. The number of nitriles is 1. The van der Waals surface area contributed by atoms with E-state index in [0.29, 0.717) is 22.4 Å². The van der Waals surface area contributed by atoms with Gasteiger partial charge in [0, 0.05) is 29.9 Å². The Hall–Kier alpha value is -3.84. The van der Waals surface area contributed by atoms with Crippen molar-refractivity contribution in [2.75, 3.05) is 5.32 Å². The Bertz CT molecular complexity index is 1220. The summed E-state index contributed by atoms with van der Waals surface area (Å²) >= 11 is 1.35. The summed E-state index contributed by atoms with van der Waals surface area (Å²) in [6.45, 7) is 0. The maximum atomic E-state index is 12.7. The van der Waals surface area contributed by atoms with E-state index in [4.69, 9.17) is 0 Å². The number of carbonyl (C=O) groups is 1. The van der Waals surface area contributed by atoms with E-state index in [2.05, 4.69) is 15.5 Å². The maximum absolute atomic E-state index is 12.7. The summed E-state index contributed by atoms with van der Waals surface area (Å²) in [4.78, 5) is 23.3. The number of aromatic nitrogens is 3. The first-order chi connectivity index (χ1) is 15.5. The standard InChI is InChI=1S/C22H20N6O3S/c23-14-16(20(29)24-22-26-25-21(32-22)15-6-2-1-3-7-15)12-17-10-5-11-27(17)18-8-4-9-19(13-18)28(30)31/h4-5,8-13,15H,1-3,6-7H2,(H,24,26,29). The smallest absolute Gasteiger partial charge is 0.271 e. The van der Waals surface area contributed by atoms with Crippen LogP contribution in [0.25, 0.3) is 11.8 Å². The highest BCUT2D eigenvalue weighted by Gasteiger charge is 2.21. The average molecular weight is 449 g/mol. The second kappa shape index (κ2) is 9.53. The normalized spacial score (nSPS) is 14.7. The van der Waals surface area contributed by atoms with Crippen molar-refractivity contribution in [3.63, 3.8) is 0 Å². The van der Waals surface area contributed by atoms with Crippen LogP contribution in [0.1, 0.15) is 48.7 Å². The Labute approximate surface area is 188 Å². The van der Waals surface area contributed by atoms with Gasteiger partial charge in [-0.2, -0.15) is 5.26 Å². The molecule has 1 aliphatic rings. The molecule has 0 unspecified atom stereocenters. The molecular weight excluding hydrogens is 428 g/mol. The number of hydrogen-bond donors (Lipinski definition) is 1. The zero-order valence-corrected chi connectivity index (χ0v) is 17.9. The van der Waals surface area contributed by atoms with E-state index in [0.717, 1.165) is 17.8 Å². The molecule has 0 bridgehead atoms. The van der Waals surface area contributed by atoms with Gasteiger partial charge in [-0.25, -0.2) is 0 Å². The third-order valence-corrected chi connectivity index (χ3v) is 6.37. The van der Waals surface area contributed by atoms with Gasteiger partial charge >= 0.3 is 0 Å². The van der Waals surface area contributed by atoms with Crippen molar-refractivity contribution < 1.29 is 9.72 Å². The SMILES string of the molecule is N#CC(=Cc1cccn1-c1cccc([N+](=O)[O-])c1)C(=O)Nc1nnc(C2CCCCC2)s1. The fourth-order valence-electron chi connectivity index (χ4n) is 3.76. The van der Waals surface area contributed by atoms with Crippen molar-refractivity contribution >= 4 is 34.1 Å². The minimum absolute atomic E-state index is 0.0468. The van der Waals surface area contributed by atoms with Crippen LogP contribution in [0.15, 0.2) is 48.2 Å². The fourth-order valence-corrected chi connectivity index (χ4v) is 4.67. The molecule has 1 fully saturated rings. The van der Waals surface area contributed by atoms with Gasteiger partial charge in [0.15, 0.2) is 0 Å². The van der Waals surface area contributed by atoms with Gasteiger partial charge in [-0.15, -0.1) is 10.2 Å². The first-order valence-electron chi connectivity index (χ1n) is 10.2. The number of non-ortho nitro benzene ring substituents is 1. The minimum Gasteiger partial charge on any atom is -0.317 e. The zero-order valence-electron chi connectivity index (χ0n) is 17.1. The molecule has 0 atom stereocenters. The Balaban J connectivity index is 1.53. The summed E-state index contributed by atoms with van der Waals surface area (Å²) in [5, 5.41) is 32.9. The van der Waals surface area contributed by atoms with Gasteiger partial charge in [-0.3, -0.25) is 20.2 Å². The zero-order chi connectivity index (χ0) is 22.5. The number of benzene rings is 1. The second-order valence-electron chi connectivity index (χ2n) is 7.48. The van der Waals surface area contributed by atoms with Crippen LogP contribution in [-0.2, 0) is 4.79 Å². The van der Waals surface area contributed by atoms with Crippen molar-refractivity contribution in [3.05, 3.63) is 69.0 Å². The molecule has 0 saturated heterocycles. The van der Waals surface area contributed by atoms with Crippen molar-refractivity contribution in [1.82, 2.24) is 14.8 Å². The van der Waals surface area contributed by atoms with Crippen LogP contribution in [-0.4, -0.2) is 25.6 Å². The molecule has 1 amide bonds. The molecule has 162 valence electrons. The van der Waals surface area contributed by atoms with Gasteiger partial charge in [-0.05, 0) is 37.1 Å². The predicted octanol–water partition coefficient (Wildman–Crippen LogP) is 4.83. The van der Waals surface area contributed by atoms with Crippen molar-refractivity contribution in [2.24, 2.45) is 0 Å². The van der Waals surface area contributed by atoms with Crippen molar-refractivity contribution in [2.45, 2.75) is 38.0 Å². The predicted molar refractivity (Wildman–Crippen MR) is 120 cm³/mol. The molecule has 1 aromatic carbocycles. The van der Waals surface area contributed by atoms with E-state index in [1.165, 1.54) is 48.8 Å². The Morgan fingerprint density at radius 2 is 2.06 bits per heavy atom. The van der Waals surface area contributed by atoms with Gasteiger partial charge < -0.3 is 4.57 Å². The van der Waals surface area contributed by atoms with E-state index < -0.39 is 10.8 Å². The molecule has 0 aliphatic heterocycles. The van der Waals surface area contributed by atoms with E-state index in [-0.39, 0.29) is 11.3 Å². The van der Waals surface area contributed by atoms with E-state index in [1.807, 2.05) is 6.07 Å². The largest absolute Gasteiger partial charge is 0.317 e. The summed E-state index contributed by atoms with van der Waals surface area (Å²) in [5.41, 5.74) is 0.936. The number of nitro benzene ring substituents is 1. The molecule has 32 heavy (non-hydrogen) atoms. The lowest BCUT2D eigenvalue weighted by atomic mass is 9.90. The summed E-state index contributed by atoms with van der Waals surface area (Å²) in [6, 6.07) is 11.5. The van der Waals surface area contributed by atoms with Crippen LogP contribution < -0.4 is 5.32 Å². The number of nitro groups is 1. The van der Waals surface area contributed by atoms with Crippen LogP contribution >= 0.6 is 11.3 Å². The molecule has 1 saturated carbocycles. The van der Waals surface area contributed by atoms with Gasteiger partial charge in [0.1, 0.15) is 16.6 Å². The van der Waals surface area contributed by atoms with Gasteiger partial charge in [0.05, 0.1) is 10.6 Å². The first-order valence-corrected chi connectivity index (χ1v) is 11.1. The molecule has 0 radical (unpaired) electrons. The van der Waals surface area contributed by atoms with Crippen LogP contribution in [0.4, 0.5) is 10.8 Å². The van der Waals surface area contributed by atoms with Gasteiger partial charge in [0.25, 0.3) is 11.6 Å².